The number of nitrogens with one attached hydrogen (secondary N) is 2. The Morgan fingerprint density at radius 3 is 2.78 bits per heavy atom. The minimum Gasteiger partial charge on any atom is -0.356 e. The number of halogens is 1. The number of sulfonamides is 1. The first-order valence-corrected chi connectivity index (χ1v) is 9.49. The van der Waals surface area contributed by atoms with E-state index < -0.39 is 10.0 Å². The van der Waals surface area contributed by atoms with Crippen molar-refractivity contribution < 1.29 is 8.42 Å². The number of rotatable bonds is 6. The summed E-state index contributed by atoms with van der Waals surface area (Å²) in [6, 6.07) is 8.36. The molecule has 1 aromatic carbocycles. The summed E-state index contributed by atoms with van der Waals surface area (Å²) in [7, 11) is -3.12. The number of hydrogen-bond donors (Lipinski definition) is 2. The lowest BCUT2D eigenvalue weighted by Gasteiger charge is -2.22. The van der Waals surface area contributed by atoms with Crippen LogP contribution in [0.15, 0.2) is 29.3 Å². The van der Waals surface area contributed by atoms with Gasteiger partial charge in [-0.05, 0) is 31.4 Å². The van der Waals surface area contributed by atoms with Crippen LogP contribution >= 0.6 is 24.0 Å². The molecule has 1 heterocycles. The zero-order chi connectivity index (χ0) is 16.0. The van der Waals surface area contributed by atoms with Crippen molar-refractivity contribution in [3.8, 4) is 0 Å². The highest BCUT2D eigenvalue weighted by atomic mass is 127. The summed E-state index contributed by atoms with van der Waals surface area (Å²) in [5.74, 6) is 0.867. The van der Waals surface area contributed by atoms with Crippen molar-refractivity contribution in [1.82, 2.24) is 10.0 Å². The Hall–Kier alpha value is -0.870. The van der Waals surface area contributed by atoms with Gasteiger partial charge < -0.3 is 10.2 Å². The number of hydrogen-bond acceptors (Lipinski definition) is 3. The van der Waals surface area contributed by atoms with Gasteiger partial charge in [-0.2, -0.15) is 0 Å². The molecule has 0 aliphatic carbocycles. The zero-order valence-electron chi connectivity index (χ0n) is 13.6. The van der Waals surface area contributed by atoms with Gasteiger partial charge in [-0.15, -0.1) is 24.0 Å². The second kappa shape index (κ2) is 9.43. The lowest BCUT2D eigenvalue weighted by atomic mass is 10.2. The van der Waals surface area contributed by atoms with Gasteiger partial charge in [0.15, 0.2) is 5.96 Å². The van der Waals surface area contributed by atoms with E-state index in [0.29, 0.717) is 19.5 Å². The van der Waals surface area contributed by atoms with Crippen LogP contribution in [0, 0.1) is 0 Å². The molecule has 8 heteroatoms. The maximum absolute atomic E-state index is 11.0. The van der Waals surface area contributed by atoms with Crippen molar-refractivity contribution >= 4 is 45.6 Å². The standard InChI is InChI=1S/C15H24N4O2S.HI/c1-3-16-15(17-10-6-11-18-22(2,20)21)19-12-9-13-7-4-5-8-14(13)19;/h4-5,7-8,18H,3,6,9-12H2,1-2H3,(H,16,17);1H. The smallest absolute Gasteiger partial charge is 0.208 e. The van der Waals surface area contributed by atoms with Gasteiger partial charge in [0.25, 0.3) is 0 Å². The number of para-hydroxylation sites is 1. The van der Waals surface area contributed by atoms with Gasteiger partial charge in [-0.1, -0.05) is 18.2 Å². The van der Waals surface area contributed by atoms with Gasteiger partial charge >= 0.3 is 0 Å². The highest BCUT2D eigenvalue weighted by Gasteiger charge is 2.22. The molecule has 1 aliphatic rings. The molecule has 0 fully saturated rings. The van der Waals surface area contributed by atoms with E-state index in [9.17, 15) is 8.42 Å². The summed E-state index contributed by atoms with van der Waals surface area (Å²) in [4.78, 5) is 6.81. The molecule has 0 unspecified atom stereocenters. The highest BCUT2D eigenvalue weighted by Crippen LogP contribution is 2.27. The lowest BCUT2D eigenvalue weighted by Crippen LogP contribution is -2.40. The first-order valence-electron chi connectivity index (χ1n) is 7.59. The van der Waals surface area contributed by atoms with E-state index in [0.717, 1.165) is 25.5 Å². The summed E-state index contributed by atoms with van der Waals surface area (Å²) >= 11 is 0. The quantitative estimate of drug-likeness (QED) is 0.298. The van der Waals surface area contributed by atoms with Crippen LogP contribution in [0.5, 0.6) is 0 Å². The van der Waals surface area contributed by atoms with Crippen molar-refractivity contribution in [2.24, 2.45) is 4.99 Å². The van der Waals surface area contributed by atoms with Crippen LogP contribution in [0.3, 0.4) is 0 Å². The average Bonchev–Trinajstić information content (AvgIpc) is 2.88. The monoisotopic (exact) mass is 452 g/mol. The fraction of sp³-hybridized carbons (Fsp3) is 0.533. The van der Waals surface area contributed by atoms with Crippen molar-refractivity contribution in [2.45, 2.75) is 19.8 Å². The Kier molecular flexibility index (Phi) is 8.27. The van der Waals surface area contributed by atoms with E-state index in [-0.39, 0.29) is 24.0 Å². The first-order chi connectivity index (χ1) is 10.5. The van der Waals surface area contributed by atoms with Crippen LogP contribution in [0.4, 0.5) is 5.69 Å². The van der Waals surface area contributed by atoms with E-state index in [2.05, 4.69) is 38.1 Å². The average molecular weight is 452 g/mol. The van der Waals surface area contributed by atoms with Gasteiger partial charge in [0, 0.05) is 31.9 Å². The lowest BCUT2D eigenvalue weighted by molar-refractivity contribution is 0.586. The number of anilines is 1. The molecule has 6 nitrogen and oxygen atoms in total. The summed E-state index contributed by atoms with van der Waals surface area (Å²) < 4.78 is 24.5. The van der Waals surface area contributed by atoms with Gasteiger partial charge in [-0.25, -0.2) is 13.1 Å². The summed E-state index contributed by atoms with van der Waals surface area (Å²) in [6.45, 7) is 4.77. The fourth-order valence-electron chi connectivity index (χ4n) is 2.47. The Bertz CT molecular complexity index is 634. The van der Waals surface area contributed by atoms with Gasteiger partial charge in [0.2, 0.25) is 10.0 Å². The van der Waals surface area contributed by atoms with Crippen LogP contribution in [-0.2, 0) is 16.4 Å². The molecule has 23 heavy (non-hydrogen) atoms. The van der Waals surface area contributed by atoms with Gasteiger partial charge in [-0.3, -0.25) is 4.99 Å². The number of guanidine groups is 1. The van der Waals surface area contributed by atoms with Gasteiger partial charge in [0.05, 0.1) is 6.26 Å². The molecule has 0 saturated carbocycles. The molecule has 1 aromatic rings. The summed E-state index contributed by atoms with van der Waals surface area (Å²) in [6.07, 6.45) is 2.87. The molecular weight excluding hydrogens is 427 g/mol. The molecule has 0 bridgehead atoms. The number of nitrogens with zero attached hydrogens (tertiary/aromatic N) is 2. The molecule has 0 amide bonds. The first kappa shape index (κ1) is 20.2. The third-order valence-corrected chi connectivity index (χ3v) is 4.17. The zero-order valence-corrected chi connectivity index (χ0v) is 16.7. The predicted molar refractivity (Wildman–Crippen MR) is 106 cm³/mol. The summed E-state index contributed by atoms with van der Waals surface area (Å²) in [5, 5.41) is 3.31. The second-order valence-electron chi connectivity index (χ2n) is 5.29. The molecule has 2 N–H and O–H groups in total. The molecule has 0 atom stereocenters. The number of aliphatic imine (C=N–C) groups is 1. The van der Waals surface area contributed by atoms with Crippen LogP contribution in [0.1, 0.15) is 18.9 Å². The van der Waals surface area contributed by atoms with Gasteiger partial charge in [0.1, 0.15) is 0 Å². The fourth-order valence-corrected chi connectivity index (χ4v) is 2.99. The van der Waals surface area contributed by atoms with Crippen molar-refractivity contribution in [3.05, 3.63) is 29.8 Å². The van der Waals surface area contributed by atoms with E-state index >= 15 is 0 Å². The maximum Gasteiger partial charge on any atom is 0.208 e. The molecule has 1 aliphatic heterocycles. The Balaban J connectivity index is 0.00000264. The van der Waals surface area contributed by atoms with E-state index in [1.807, 2.05) is 13.0 Å². The molecule has 130 valence electrons. The molecule has 0 spiro atoms. The van der Waals surface area contributed by atoms with Crippen LogP contribution in [0.2, 0.25) is 0 Å². The van der Waals surface area contributed by atoms with Crippen LogP contribution in [-0.4, -0.2) is 46.8 Å². The van der Waals surface area contributed by atoms with Crippen LogP contribution < -0.4 is 14.9 Å². The van der Waals surface area contributed by atoms with Crippen molar-refractivity contribution in [2.75, 3.05) is 37.3 Å². The summed E-state index contributed by atoms with van der Waals surface area (Å²) in [5.41, 5.74) is 2.54. The van der Waals surface area contributed by atoms with Crippen molar-refractivity contribution in [3.63, 3.8) is 0 Å². The van der Waals surface area contributed by atoms with E-state index in [1.54, 1.807) is 0 Å². The highest BCUT2D eigenvalue weighted by molar-refractivity contribution is 14.0. The molecule has 0 aromatic heterocycles. The number of fused-ring (bicyclic) bond motifs is 1. The SMILES string of the molecule is CCNC(=NCCCNS(C)(=O)=O)N1CCc2ccccc21.I. The molecule has 2 rings (SSSR count). The normalized spacial score (nSPS) is 14.3. The number of benzene rings is 1. The largest absolute Gasteiger partial charge is 0.356 e. The molecular formula is C15H25IN4O2S. The minimum atomic E-state index is -3.12. The predicted octanol–water partition coefficient (Wildman–Crippen LogP) is 1.57. The Labute approximate surface area is 155 Å². The Morgan fingerprint density at radius 2 is 2.09 bits per heavy atom. The topological polar surface area (TPSA) is 73.8 Å². The minimum absolute atomic E-state index is 0. The molecule has 0 saturated heterocycles. The van der Waals surface area contributed by atoms with E-state index in [4.69, 9.17) is 0 Å². The third kappa shape index (κ3) is 6.27. The maximum atomic E-state index is 11.0. The van der Waals surface area contributed by atoms with Crippen LogP contribution in [0.25, 0.3) is 0 Å². The van der Waals surface area contributed by atoms with Crippen molar-refractivity contribution in [1.29, 1.82) is 0 Å². The molecule has 0 radical (unpaired) electrons. The third-order valence-electron chi connectivity index (χ3n) is 3.44. The Morgan fingerprint density at radius 1 is 1.35 bits per heavy atom. The second-order valence-corrected chi connectivity index (χ2v) is 7.12. The van der Waals surface area contributed by atoms with E-state index in [1.165, 1.54) is 17.5 Å².